The quantitative estimate of drug-likeness (QED) is 0.825. The lowest BCUT2D eigenvalue weighted by atomic mass is 10.1. The Morgan fingerprint density at radius 3 is 3.26 bits per heavy atom. The fourth-order valence-electron chi connectivity index (χ4n) is 2.26. The summed E-state index contributed by atoms with van der Waals surface area (Å²) in [6.45, 7) is 1.77. The molecule has 6 nitrogen and oxygen atoms in total. The fourth-order valence-corrected chi connectivity index (χ4v) is 2.98. The van der Waals surface area contributed by atoms with Gasteiger partial charge in [0.05, 0.1) is 0 Å². The molecule has 0 saturated carbocycles. The van der Waals surface area contributed by atoms with Gasteiger partial charge in [0.25, 0.3) is 11.5 Å². The molecular weight excluding hydrogens is 264 g/mol. The van der Waals surface area contributed by atoms with Crippen LogP contribution in [0.5, 0.6) is 0 Å². The number of amides is 1. The third kappa shape index (κ3) is 2.52. The number of carbonyl (C=O) groups excluding carboxylic acids is 1. The zero-order valence-electron chi connectivity index (χ0n) is 10.3. The molecule has 3 rings (SSSR count). The van der Waals surface area contributed by atoms with E-state index in [0.717, 1.165) is 25.9 Å². The highest BCUT2D eigenvalue weighted by Gasteiger charge is 2.18. The van der Waals surface area contributed by atoms with Gasteiger partial charge in [0, 0.05) is 30.2 Å². The highest BCUT2D eigenvalue weighted by Crippen LogP contribution is 2.10. The van der Waals surface area contributed by atoms with Gasteiger partial charge in [0.2, 0.25) is 0 Å². The summed E-state index contributed by atoms with van der Waals surface area (Å²) in [5, 5.41) is 8.01. The Hall–Kier alpha value is -1.73. The van der Waals surface area contributed by atoms with Crippen LogP contribution in [0.1, 0.15) is 23.3 Å². The van der Waals surface area contributed by atoms with Crippen molar-refractivity contribution in [1.82, 2.24) is 20.0 Å². The Bertz CT molecular complexity index is 657. The first-order valence-corrected chi connectivity index (χ1v) is 7.10. The van der Waals surface area contributed by atoms with E-state index in [2.05, 4.69) is 15.6 Å². The average molecular weight is 278 g/mol. The minimum absolute atomic E-state index is 0.124. The molecule has 0 radical (unpaired) electrons. The summed E-state index contributed by atoms with van der Waals surface area (Å²) in [5.41, 5.74) is -0.0313. The van der Waals surface area contributed by atoms with Crippen molar-refractivity contribution >= 4 is 22.2 Å². The Labute approximate surface area is 113 Å². The molecule has 3 heterocycles. The van der Waals surface area contributed by atoms with E-state index in [9.17, 15) is 9.59 Å². The predicted octanol–water partition coefficient (Wildman–Crippen LogP) is 0.238. The Balaban J connectivity index is 1.88. The van der Waals surface area contributed by atoms with E-state index in [0.29, 0.717) is 10.7 Å². The van der Waals surface area contributed by atoms with Crippen LogP contribution in [0, 0.1) is 0 Å². The maximum absolute atomic E-state index is 12.3. The van der Waals surface area contributed by atoms with Gasteiger partial charge in [0.15, 0.2) is 4.96 Å². The molecule has 1 aliphatic heterocycles. The lowest BCUT2D eigenvalue weighted by molar-refractivity contribution is 0.0924. The van der Waals surface area contributed by atoms with Crippen LogP contribution >= 0.6 is 11.3 Å². The predicted molar refractivity (Wildman–Crippen MR) is 72.7 cm³/mol. The molecule has 0 bridgehead atoms. The molecular formula is C12H14N4O2S. The third-order valence-corrected chi connectivity index (χ3v) is 3.94. The summed E-state index contributed by atoms with van der Waals surface area (Å²) in [7, 11) is 0. The Morgan fingerprint density at radius 1 is 1.58 bits per heavy atom. The number of piperidine rings is 1. The molecule has 1 saturated heterocycles. The number of carbonyl (C=O) groups is 1. The second-order valence-corrected chi connectivity index (χ2v) is 5.42. The number of fused-ring (bicyclic) bond motifs is 1. The number of hydrogen-bond acceptors (Lipinski definition) is 5. The molecule has 0 spiro atoms. The molecule has 2 aromatic rings. The lowest BCUT2D eigenvalue weighted by Gasteiger charge is -2.23. The summed E-state index contributed by atoms with van der Waals surface area (Å²) in [6, 6.07) is 1.41. The molecule has 0 aromatic carbocycles. The van der Waals surface area contributed by atoms with Crippen molar-refractivity contribution in [3.05, 3.63) is 33.7 Å². The standard InChI is InChI=1S/C12H14N4O2S/c17-10-6-9(16-4-5-19-12(16)15-10)11(18)14-8-2-1-3-13-7-8/h4-6,8,13H,1-3,7H2,(H,14,18)/t8-/m1/s1. The van der Waals surface area contributed by atoms with E-state index in [-0.39, 0.29) is 17.5 Å². The molecule has 7 heteroatoms. The number of nitrogens with one attached hydrogen (secondary N) is 2. The van der Waals surface area contributed by atoms with Crippen LogP contribution in [-0.2, 0) is 0 Å². The van der Waals surface area contributed by atoms with Crippen LogP contribution in [0.4, 0.5) is 0 Å². The largest absolute Gasteiger partial charge is 0.347 e. The van der Waals surface area contributed by atoms with Crippen molar-refractivity contribution in [2.24, 2.45) is 0 Å². The summed E-state index contributed by atoms with van der Waals surface area (Å²) in [5.74, 6) is -0.221. The highest BCUT2D eigenvalue weighted by molar-refractivity contribution is 7.15. The number of thiazole rings is 1. The fraction of sp³-hybridized carbons (Fsp3) is 0.417. The molecule has 1 aliphatic rings. The van der Waals surface area contributed by atoms with Crippen LogP contribution in [0.15, 0.2) is 22.4 Å². The Morgan fingerprint density at radius 2 is 2.47 bits per heavy atom. The number of hydrogen-bond donors (Lipinski definition) is 2. The van der Waals surface area contributed by atoms with Crippen molar-refractivity contribution in [2.75, 3.05) is 13.1 Å². The van der Waals surface area contributed by atoms with Crippen LogP contribution < -0.4 is 16.2 Å². The van der Waals surface area contributed by atoms with Gasteiger partial charge in [-0.1, -0.05) is 0 Å². The van der Waals surface area contributed by atoms with E-state index >= 15 is 0 Å². The van der Waals surface area contributed by atoms with E-state index in [1.165, 1.54) is 17.4 Å². The average Bonchev–Trinajstić information content (AvgIpc) is 2.86. The minimum atomic E-state index is -0.380. The normalized spacial score (nSPS) is 19.5. The zero-order chi connectivity index (χ0) is 13.2. The van der Waals surface area contributed by atoms with E-state index < -0.39 is 0 Å². The number of nitrogens with zero attached hydrogens (tertiary/aromatic N) is 2. The second kappa shape index (κ2) is 5.10. The highest BCUT2D eigenvalue weighted by atomic mass is 32.1. The van der Waals surface area contributed by atoms with Gasteiger partial charge >= 0.3 is 0 Å². The maximum Gasteiger partial charge on any atom is 0.274 e. The summed E-state index contributed by atoms with van der Waals surface area (Å²) < 4.78 is 1.65. The summed E-state index contributed by atoms with van der Waals surface area (Å²) in [6.07, 6.45) is 3.76. The zero-order valence-corrected chi connectivity index (χ0v) is 11.1. The van der Waals surface area contributed by atoms with Crippen molar-refractivity contribution in [3.8, 4) is 0 Å². The van der Waals surface area contributed by atoms with Gasteiger partial charge in [-0.05, 0) is 19.4 Å². The van der Waals surface area contributed by atoms with E-state index in [4.69, 9.17) is 0 Å². The summed E-state index contributed by atoms with van der Waals surface area (Å²) in [4.78, 5) is 28.1. The van der Waals surface area contributed by atoms with Gasteiger partial charge in [-0.3, -0.25) is 14.0 Å². The second-order valence-electron chi connectivity index (χ2n) is 4.55. The molecule has 1 fully saturated rings. The van der Waals surface area contributed by atoms with Crippen molar-refractivity contribution < 1.29 is 4.79 Å². The first-order valence-electron chi connectivity index (χ1n) is 6.22. The number of rotatable bonds is 2. The van der Waals surface area contributed by atoms with Crippen molar-refractivity contribution in [1.29, 1.82) is 0 Å². The third-order valence-electron chi connectivity index (χ3n) is 3.18. The topological polar surface area (TPSA) is 75.5 Å². The molecule has 100 valence electrons. The van der Waals surface area contributed by atoms with Crippen LogP contribution in [0.25, 0.3) is 4.96 Å². The van der Waals surface area contributed by atoms with Gasteiger partial charge in [-0.25, -0.2) is 0 Å². The molecule has 0 unspecified atom stereocenters. The lowest BCUT2D eigenvalue weighted by Crippen LogP contribution is -2.46. The molecule has 1 atom stereocenters. The molecule has 19 heavy (non-hydrogen) atoms. The number of aromatic nitrogens is 2. The van der Waals surface area contributed by atoms with Gasteiger partial charge in [0.1, 0.15) is 5.69 Å². The summed E-state index contributed by atoms with van der Waals surface area (Å²) >= 11 is 1.34. The van der Waals surface area contributed by atoms with Crippen LogP contribution in [0.3, 0.4) is 0 Å². The minimum Gasteiger partial charge on any atom is -0.347 e. The van der Waals surface area contributed by atoms with Gasteiger partial charge < -0.3 is 10.6 Å². The van der Waals surface area contributed by atoms with E-state index in [1.54, 1.807) is 16.0 Å². The first-order chi connectivity index (χ1) is 9.24. The molecule has 2 aromatic heterocycles. The monoisotopic (exact) mass is 278 g/mol. The first kappa shape index (κ1) is 12.3. The van der Waals surface area contributed by atoms with Crippen molar-refractivity contribution in [3.63, 3.8) is 0 Å². The molecule has 0 aliphatic carbocycles. The van der Waals surface area contributed by atoms with Crippen LogP contribution in [0.2, 0.25) is 0 Å². The molecule has 2 N–H and O–H groups in total. The van der Waals surface area contributed by atoms with Crippen LogP contribution in [-0.4, -0.2) is 34.4 Å². The van der Waals surface area contributed by atoms with Gasteiger partial charge in [-0.15, -0.1) is 11.3 Å². The van der Waals surface area contributed by atoms with Gasteiger partial charge in [-0.2, -0.15) is 4.98 Å². The Kier molecular flexibility index (Phi) is 3.31. The SMILES string of the molecule is O=C(N[C@@H]1CCCNC1)c1cc(=O)nc2sccn12. The van der Waals surface area contributed by atoms with Crippen molar-refractivity contribution in [2.45, 2.75) is 18.9 Å². The van der Waals surface area contributed by atoms with E-state index in [1.807, 2.05) is 0 Å². The smallest absolute Gasteiger partial charge is 0.274 e. The molecule has 1 amide bonds. The maximum atomic E-state index is 12.3.